The van der Waals surface area contributed by atoms with Gasteiger partial charge in [0.05, 0.1) is 13.6 Å². The largest absolute Gasteiger partial charge is 0.372 e. The van der Waals surface area contributed by atoms with Crippen LogP contribution >= 0.6 is 0 Å². The molecule has 3 nitrogen and oxygen atoms in total. The quantitative estimate of drug-likeness (QED) is 0.581. The minimum Gasteiger partial charge on any atom is -0.372 e. The zero-order valence-electron chi connectivity index (χ0n) is 12.1. The average Bonchev–Trinajstić information content (AvgIpc) is 2.44. The molecule has 1 aromatic carbocycles. The second-order valence-electron chi connectivity index (χ2n) is 6.31. The van der Waals surface area contributed by atoms with Gasteiger partial charge in [0.1, 0.15) is 5.82 Å². The van der Waals surface area contributed by atoms with Crippen LogP contribution in [-0.2, 0) is 0 Å². The van der Waals surface area contributed by atoms with Gasteiger partial charge < -0.3 is 5.32 Å². The normalized spacial score (nSPS) is 11.9. The first-order chi connectivity index (χ1) is 9.54. The van der Waals surface area contributed by atoms with Crippen molar-refractivity contribution in [1.82, 2.24) is 9.97 Å². The van der Waals surface area contributed by atoms with Gasteiger partial charge in [0.25, 0.3) is 0 Å². The van der Waals surface area contributed by atoms with Crippen LogP contribution in [0, 0.1) is 0 Å². The van der Waals surface area contributed by atoms with Gasteiger partial charge in [-0.25, -0.2) is 4.98 Å². The third-order valence-electron chi connectivity index (χ3n) is 3.29. The fraction of sp³-hybridized carbons (Fsp3) is 0.250. The topological polar surface area (TPSA) is 37.8 Å². The Kier molecular flexibility index (Phi) is 3.18. The van der Waals surface area contributed by atoms with Crippen molar-refractivity contribution in [2.45, 2.75) is 19.6 Å². The van der Waals surface area contributed by atoms with Crippen molar-refractivity contribution < 1.29 is 0 Å². The molecule has 1 N–H and O–H groups in total. The van der Waals surface area contributed by atoms with Gasteiger partial charge in [-0.15, -0.1) is 0 Å². The fourth-order valence-electron chi connectivity index (χ4n) is 2.28. The molecule has 0 unspecified atom stereocenters. The summed E-state index contributed by atoms with van der Waals surface area (Å²) in [5, 5.41) is 7.02. The van der Waals surface area contributed by atoms with Crippen LogP contribution in [0.2, 0.25) is 19.6 Å². The van der Waals surface area contributed by atoms with Crippen LogP contribution in [0.3, 0.4) is 0 Å². The molecule has 4 heteroatoms. The van der Waals surface area contributed by atoms with Crippen molar-refractivity contribution in [3.63, 3.8) is 0 Å². The number of pyridine rings is 2. The molecule has 0 aliphatic carbocycles. The van der Waals surface area contributed by atoms with Crippen molar-refractivity contribution in [3.8, 4) is 0 Å². The number of nitrogens with one attached hydrogen (secondary N) is 1. The molecule has 0 spiro atoms. The van der Waals surface area contributed by atoms with E-state index in [9.17, 15) is 0 Å². The predicted molar refractivity (Wildman–Crippen MR) is 88.9 cm³/mol. The third-order valence-corrected chi connectivity index (χ3v) is 4.53. The van der Waals surface area contributed by atoms with E-state index in [0.29, 0.717) is 0 Å². The lowest BCUT2D eigenvalue weighted by Gasteiger charge is -2.18. The molecule has 0 aliphatic rings. The number of fused-ring (bicyclic) bond motifs is 3. The van der Waals surface area contributed by atoms with E-state index in [2.05, 4.69) is 42.1 Å². The summed E-state index contributed by atoms with van der Waals surface area (Å²) in [5.41, 5.74) is 1.02. The molecule has 2 heterocycles. The van der Waals surface area contributed by atoms with Crippen molar-refractivity contribution >= 4 is 35.6 Å². The van der Waals surface area contributed by atoms with E-state index >= 15 is 0 Å². The van der Waals surface area contributed by atoms with Crippen LogP contribution in [0.4, 0.5) is 5.82 Å². The number of para-hydroxylation sites is 1. The molecule has 0 saturated carbocycles. The van der Waals surface area contributed by atoms with E-state index in [1.165, 1.54) is 0 Å². The van der Waals surface area contributed by atoms with Gasteiger partial charge in [0.15, 0.2) is 0 Å². The standard InChI is InChI=1S/C16H19N3Si/c1-20(2,3)11-18-16-13-8-9-17-10-14(13)12-6-4-5-7-15(12)19-16/h4-10H,11H2,1-3H3,(H,18,19). The summed E-state index contributed by atoms with van der Waals surface area (Å²) >= 11 is 0. The maximum atomic E-state index is 4.79. The van der Waals surface area contributed by atoms with Gasteiger partial charge in [0, 0.05) is 34.7 Å². The van der Waals surface area contributed by atoms with Gasteiger partial charge in [-0.05, 0) is 12.1 Å². The monoisotopic (exact) mass is 281 g/mol. The molecule has 0 amide bonds. The van der Waals surface area contributed by atoms with Crippen LogP contribution in [0.1, 0.15) is 0 Å². The molecule has 0 saturated heterocycles. The molecule has 2 aromatic heterocycles. The van der Waals surface area contributed by atoms with Crippen molar-refractivity contribution in [2.75, 3.05) is 11.5 Å². The first-order valence-electron chi connectivity index (χ1n) is 6.91. The summed E-state index contributed by atoms with van der Waals surface area (Å²) in [6.07, 6.45) is 4.79. The molecule has 0 bridgehead atoms. The van der Waals surface area contributed by atoms with Crippen molar-refractivity contribution in [1.29, 1.82) is 0 Å². The Balaban J connectivity index is 2.19. The highest BCUT2D eigenvalue weighted by Crippen LogP contribution is 2.28. The van der Waals surface area contributed by atoms with E-state index in [4.69, 9.17) is 4.98 Å². The lowest BCUT2D eigenvalue weighted by Crippen LogP contribution is -2.31. The summed E-state index contributed by atoms with van der Waals surface area (Å²) in [7, 11) is -1.16. The van der Waals surface area contributed by atoms with E-state index in [-0.39, 0.29) is 0 Å². The maximum Gasteiger partial charge on any atom is 0.134 e. The van der Waals surface area contributed by atoms with Crippen LogP contribution in [0.5, 0.6) is 0 Å². The van der Waals surface area contributed by atoms with Gasteiger partial charge >= 0.3 is 0 Å². The van der Waals surface area contributed by atoms with Gasteiger partial charge in [-0.2, -0.15) is 0 Å². The van der Waals surface area contributed by atoms with Crippen LogP contribution in [0.15, 0.2) is 42.7 Å². The minimum atomic E-state index is -1.16. The number of anilines is 1. The number of hydrogen-bond acceptors (Lipinski definition) is 3. The second kappa shape index (κ2) is 4.87. The summed E-state index contributed by atoms with van der Waals surface area (Å²) in [4.78, 5) is 9.06. The van der Waals surface area contributed by atoms with E-state index in [1.54, 1.807) is 0 Å². The van der Waals surface area contributed by atoms with Crippen LogP contribution in [0.25, 0.3) is 21.7 Å². The molecule has 3 aromatic rings. The molecule has 0 atom stereocenters. The third kappa shape index (κ3) is 2.51. The molecule has 0 aliphatic heterocycles. The van der Waals surface area contributed by atoms with E-state index in [0.717, 1.165) is 33.7 Å². The summed E-state index contributed by atoms with van der Waals surface area (Å²) < 4.78 is 0. The highest BCUT2D eigenvalue weighted by atomic mass is 28.3. The van der Waals surface area contributed by atoms with E-state index < -0.39 is 8.07 Å². The van der Waals surface area contributed by atoms with Gasteiger partial charge in [-0.3, -0.25) is 4.98 Å². The zero-order chi connectivity index (χ0) is 14.2. The lowest BCUT2D eigenvalue weighted by atomic mass is 10.1. The molecule has 102 valence electrons. The van der Waals surface area contributed by atoms with Crippen molar-refractivity contribution in [2.24, 2.45) is 0 Å². The molecular weight excluding hydrogens is 262 g/mol. The Hall–Kier alpha value is -1.94. The smallest absolute Gasteiger partial charge is 0.134 e. The number of benzene rings is 1. The molecule has 0 radical (unpaired) electrons. The predicted octanol–water partition coefficient (Wildman–Crippen LogP) is 4.07. The molecule has 0 fully saturated rings. The maximum absolute atomic E-state index is 4.79. The Morgan fingerprint density at radius 2 is 1.80 bits per heavy atom. The first kappa shape index (κ1) is 13.1. The Morgan fingerprint density at radius 3 is 2.60 bits per heavy atom. The zero-order valence-corrected chi connectivity index (χ0v) is 13.1. The highest BCUT2D eigenvalue weighted by Gasteiger charge is 2.14. The van der Waals surface area contributed by atoms with Crippen molar-refractivity contribution in [3.05, 3.63) is 42.7 Å². The first-order valence-corrected chi connectivity index (χ1v) is 10.6. The number of aromatic nitrogens is 2. The number of rotatable bonds is 3. The summed E-state index contributed by atoms with van der Waals surface area (Å²) in [5.74, 6) is 0.975. The second-order valence-corrected chi connectivity index (χ2v) is 11.8. The SMILES string of the molecule is C[Si](C)(C)CNc1nc2ccccc2c2cnccc12. The Labute approximate surface area is 120 Å². The van der Waals surface area contributed by atoms with Crippen LogP contribution < -0.4 is 5.32 Å². The minimum absolute atomic E-state index is 0.975. The molecule has 3 rings (SSSR count). The Bertz CT molecular complexity index is 762. The van der Waals surface area contributed by atoms with Gasteiger partial charge in [-0.1, -0.05) is 37.8 Å². The fourth-order valence-corrected chi connectivity index (χ4v) is 2.98. The molecule has 20 heavy (non-hydrogen) atoms. The molecular formula is C16H19N3Si. The summed E-state index contributed by atoms with van der Waals surface area (Å²) in [6, 6.07) is 10.3. The van der Waals surface area contributed by atoms with Crippen LogP contribution in [-0.4, -0.2) is 24.2 Å². The number of nitrogens with zero attached hydrogens (tertiary/aromatic N) is 2. The average molecular weight is 281 g/mol. The summed E-state index contributed by atoms with van der Waals surface area (Å²) in [6.45, 7) is 7.06. The van der Waals surface area contributed by atoms with E-state index in [1.807, 2.05) is 30.6 Å². The Morgan fingerprint density at radius 1 is 1.00 bits per heavy atom. The lowest BCUT2D eigenvalue weighted by molar-refractivity contribution is 1.29. The van der Waals surface area contributed by atoms with Gasteiger partial charge in [0.2, 0.25) is 0 Å². The number of hydrogen-bond donors (Lipinski definition) is 1. The highest BCUT2D eigenvalue weighted by molar-refractivity contribution is 6.76.